The number of aromatic nitrogens is 1. The van der Waals surface area contributed by atoms with Crippen LogP contribution in [0.4, 0.5) is 0 Å². The van der Waals surface area contributed by atoms with Crippen LogP contribution in [0.2, 0.25) is 0 Å². The molecule has 2 aromatic rings. The molecule has 2 heterocycles. The van der Waals surface area contributed by atoms with Gasteiger partial charge in [0.1, 0.15) is 0 Å². The highest BCUT2D eigenvalue weighted by molar-refractivity contribution is 5.85. The third kappa shape index (κ3) is 1.37. The second kappa shape index (κ2) is 3.11. The third-order valence-corrected chi connectivity index (χ3v) is 3.29. The molecule has 2 N–H and O–H groups in total. The maximum absolute atomic E-state index is 3.53. The SMILES string of the molecule is Cc1ccc2[nH]c3c(c2c1)CNC(C)C3. The first-order chi connectivity index (χ1) is 7.24. The summed E-state index contributed by atoms with van der Waals surface area (Å²) in [7, 11) is 0. The van der Waals surface area contributed by atoms with Gasteiger partial charge in [0.2, 0.25) is 0 Å². The van der Waals surface area contributed by atoms with Crippen LogP contribution in [0.1, 0.15) is 23.7 Å². The van der Waals surface area contributed by atoms with Gasteiger partial charge in [-0.15, -0.1) is 0 Å². The largest absolute Gasteiger partial charge is 0.358 e. The van der Waals surface area contributed by atoms with E-state index in [2.05, 4.69) is 42.3 Å². The van der Waals surface area contributed by atoms with Gasteiger partial charge in [0.05, 0.1) is 0 Å². The number of benzene rings is 1. The molecule has 3 rings (SSSR count). The summed E-state index contributed by atoms with van der Waals surface area (Å²) in [6.45, 7) is 5.39. The lowest BCUT2D eigenvalue weighted by Gasteiger charge is -2.20. The highest BCUT2D eigenvalue weighted by Crippen LogP contribution is 2.26. The Bertz CT molecular complexity index is 510. The van der Waals surface area contributed by atoms with Gasteiger partial charge in [0.25, 0.3) is 0 Å². The topological polar surface area (TPSA) is 27.8 Å². The maximum atomic E-state index is 3.53. The molecule has 0 fully saturated rings. The van der Waals surface area contributed by atoms with E-state index in [1.807, 2.05) is 0 Å². The lowest BCUT2D eigenvalue weighted by Crippen LogP contribution is -2.32. The molecular weight excluding hydrogens is 184 g/mol. The average Bonchev–Trinajstić information content (AvgIpc) is 2.54. The Morgan fingerprint density at radius 2 is 2.20 bits per heavy atom. The van der Waals surface area contributed by atoms with Crippen LogP contribution in [-0.2, 0) is 13.0 Å². The average molecular weight is 200 g/mol. The third-order valence-electron chi connectivity index (χ3n) is 3.29. The van der Waals surface area contributed by atoms with Crippen molar-refractivity contribution in [3.63, 3.8) is 0 Å². The number of rotatable bonds is 0. The van der Waals surface area contributed by atoms with Gasteiger partial charge in [0.15, 0.2) is 0 Å². The van der Waals surface area contributed by atoms with E-state index < -0.39 is 0 Å². The molecule has 0 saturated heterocycles. The fourth-order valence-electron chi connectivity index (χ4n) is 2.45. The molecule has 1 aromatic carbocycles. The second-order valence-corrected chi connectivity index (χ2v) is 4.62. The van der Waals surface area contributed by atoms with Crippen molar-refractivity contribution in [3.8, 4) is 0 Å². The van der Waals surface area contributed by atoms with Gasteiger partial charge in [-0.1, -0.05) is 11.6 Å². The van der Waals surface area contributed by atoms with E-state index in [-0.39, 0.29) is 0 Å². The van der Waals surface area contributed by atoms with Crippen molar-refractivity contribution in [1.29, 1.82) is 0 Å². The maximum Gasteiger partial charge on any atom is 0.0459 e. The normalized spacial score (nSPS) is 20.5. The summed E-state index contributed by atoms with van der Waals surface area (Å²) in [5.41, 5.74) is 5.50. The van der Waals surface area contributed by atoms with Gasteiger partial charge < -0.3 is 10.3 Å². The van der Waals surface area contributed by atoms with Gasteiger partial charge >= 0.3 is 0 Å². The van der Waals surface area contributed by atoms with Crippen molar-refractivity contribution < 1.29 is 0 Å². The van der Waals surface area contributed by atoms with E-state index in [1.54, 1.807) is 0 Å². The molecule has 1 aromatic heterocycles. The minimum atomic E-state index is 0.589. The summed E-state index contributed by atoms with van der Waals surface area (Å²) in [6.07, 6.45) is 1.11. The van der Waals surface area contributed by atoms with Crippen LogP contribution in [0.25, 0.3) is 10.9 Å². The Balaban J connectivity index is 2.24. The highest BCUT2D eigenvalue weighted by atomic mass is 14.9. The molecule has 2 heteroatoms. The molecule has 0 radical (unpaired) electrons. The van der Waals surface area contributed by atoms with Gasteiger partial charge in [0, 0.05) is 35.6 Å². The van der Waals surface area contributed by atoms with E-state index in [0.29, 0.717) is 6.04 Å². The Hall–Kier alpha value is -1.28. The number of aryl methyl sites for hydroxylation is 1. The molecule has 1 atom stereocenters. The lowest BCUT2D eigenvalue weighted by molar-refractivity contribution is 0.511. The number of hydrogen-bond donors (Lipinski definition) is 2. The molecule has 2 nitrogen and oxygen atoms in total. The summed E-state index contributed by atoms with van der Waals surface area (Å²) in [5, 5.41) is 4.91. The van der Waals surface area contributed by atoms with Crippen molar-refractivity contribution in [2.75, 3.05) is 0 Å². The predicted octanol–water partition coefficient (Wildman–Crippen LogP) is 2.51. The van der Waals surface area contributed by atoms with E-state index in [1.165, 1.54) is 27.7 Å². The van der Waals surface area contributed by atoms with Crippen LogP contribution in [0.5, 0.6) is 0 Å². The number of hydrogen-bond acceptors (Lipinski definition) is 1. The van der Waals surface area contributed by atoms with E-state index in [9.17, 15) is 0 Å². The summed E-state index contributed by atoms with van der Waals surface area (Å²) in [5.74, 6) is 0. The van der Waals surface area contributed by atoms with Crippen molar-refractivity contribution in [3.05, 3.63) is 35.0 Å². The summed E-state index contributed by atoms with van der Waals surface area (Å²) in [6, 6.07) is 7.23. The second-order valence-electron chi connectivity index (χ2n) is 4.62. The first kappa shape index (κ1) is 8.98. The fraction of sp³-hybridized carbons (Fsp3) is 0.385. The lowest BCUT2D eigenvalue weighted by atomic mass is 10.0. The smallest absolute Gasteiger partial charge is 0.0459 e. The molecule has 0 aliphatic carbocycles. The molecular formula is C13H16N2. The molecule has 0 amide bonds. The van der Waals surface area contributed by atoms with Gasteiger partial charge in [-0.05, 0) is 31.5 Å². The summed E-state index contributed by atoms with van der Waals surface area (Å²) < 4.78 is 0. The van der Waals surface area contributed by atoms with Gasteiger partial charge in [-0.3, -0.25) is 0 Å². The first-order valence-electron chi connectivity index (χ1n) is 5.57. The van der Waals surface area contributed by atoms with Crippen LogP contribution in [0.3, 0.4) is 0 Å². The molecule has 0 spiro atoms. The predicted molar refractivity (Wildman–Crippen MR) is 63.0 cm³/mol. The van der Waals surface area contributed by atoms with Crippen LogP contribution in [0.15, 0.2) is 18.2 Å². The molecule has 15 heavy (non-hydrogen) atoms. The van der Waals surface area contributed by atoms with Crippen molar-refractivity contribution in [1.82, 2.24) is 10.3 Å². The number of fused-ring (bicyclic) bond motifs is 3. The minimum absolute atomic E-state index is 0.589. The molecule has 1 aliphatic heterocycles. The number of H-pyrrole nitrogens is 1. The fourth-order valence-corrected chi connectivity index (χ4v) is 2.45. The molecule has 1 unspecified atom stereocenters. The summed E-state index contributed by atoms with van der Waals surface area (Å²) >= 11 is 0. The zero-order chi connectivity index (χ0) is 10.4. The van der Waals surface area contributed by atoms with Gasteiger partial charge in [-0.2, -0.15) is 0 Å². The zero-order valence-electron chi connectivity index (χ0n) is 9.22. The first-order valence-corrected chi connectivity index (χ1v) is 5.57. The minimum Gasteiger partial charge on any atom is -0.358 e. The van der Waals surface area contributed by atoms with Crippen LogP contribution in [-0.4, -0.2) is 11.0 Å². The van der Waals surface area contributed by atoms with Crippen molar-refractivity contribution >= 4 is 10.9 Å². The number of nitrogens with one attached hydrogen (secondary N) is 2. The van der Waals surface area contributed by atoms with Crippen molar-refractivity contribution in [2.24, 2.45) is 0 Å². The monoisotopic (exact) mass is 200 g/mol. The number of aromatic amines is 1. The summed E-state index contributed by atoms with van der Waals surface area (Å²) in [4.78, 5) is 3.53. The van der Waals surface area contributed by atoms with E-state index >= 15 is 0 Å². The Morgan fingerprint density at radius 1 is 1.33 bits per heavy atom. The Kier molecular flexibility index (Phi) is 1.86. The van der Waals surface area contributed by atoms with Crippen LogP contribution < -0.4 is 5.32 Å². The standard InChI is InChI=1S/C13H16N2/c1-8-3-4-12-10(5-8)11-7-14-9(2)6-13(11)15-12/h3-5,9,14-15H,6-7H2,1-2H3. The highest BCUT2D eigenvalue weighted by Gasteiger charge is 2.18. The van der Waals surface area contributed by atoms with Crippen molar-refractivity contribution in [2.45, 2.75) is 32.9 Å². The molecule has 78 valence electrons. The Labute approximate surface area is 89.7 Å². The quantitative estimate of drug-likeness (QED) is 0.672. The molecule has 0 saturated carbocycles. The zero-order valence-corrected chi connectivity index (χ0v) is 9.22. The van der Waals surface area contributed by atoms with E-state index in [4.69, 9.17) is 0 Å². The van der Waals surface area contributed by atoms with Crippen LogP contribution >= 0.6 is 0 Å². The molecule has 0 bridgehead atoms. The Morgan fingerprint density at radius 3 is 3.07 bits per heavy atom. The van der Waals surface area contributed by atoms with Crippen LogP contribution in [0, 0.1) is 6.92 Å². The van der Waals surface area contributed by atoms with Gasteiger partial charge in [-0.25, -0.2) is 0 Å². The molecule has 1 aliphatic rings. The van der Waals surface area contributed by atoms with E-state index in [0.717, 1.165) is 13.0 Å².